The van der Waals surface area contributed by atoms with Gasteiger partial charge in [0.05, 0.1) is 18.4 Å². The second kappa shape index (κ2) is 7.10. The molecular weight excluding hydrogens is 370 g/mol. The van der Waals surface area contributed by atoms with Crippen LogP contribution in [0.1, 0.15) is 55.0 Å². The van der Waals surface area contributed by atoms with Crippen molar-refractivity contribution < 1.29 is 23.8 Å². The maximum Gasteiger partial charge on any atom is 0.296 e. The van der Waals surface area contributed by atoms with Crippen LogP contribution in [0.3, 0.4) is 0 Å². The van der Waals surface area contributed by atoms with Gasteiger partial charge in [-0.2, -0.15) is 0 Å². The van der Waals surface area contributed by atoms with Crippen molar-refractivity contribution in [3.63, 3.8) is 0 Å². The zero-order chi connectivity index (χ0) is 20.0. The van der Waals surface area contributed by atoms with E-state index in [0.717, 1.165) is 49.8 Å². The molecule has 1 saturated heterocycles. The number of Topliss-reactive ketones (excluding diaryl/α,β-unsaturated/α-hetero) is 1. The van der Waals surface area contributed by atoms with E-state index in [4.69, 9.17) is 9.15 Å². The molecule has 5 rings (SSSR count). The summed E-state index contributed by atoms with van der Waals surface area (Å²) in [7, 11) is 0. The highest BCUT2D eigenvalue weighted by molar-refractivity contribution is 6.46. The molecule has 3 aliphatic rings. The molecule has 2 aromatic rings. The third-order valence-corrected chi connectivity index (χ3v) is 6.19. The van der Waals surface area contributed by atoms with E-state index in [1.807, 2.05) is 12.1 Å². The second-order valence-electron chi connectivity index (χ2n) is 7.93. The van der Waals surface area contributed by atoms with Gasteiger partial charge in [-0.1, -0.05) is 12.8 Å². The first-order chi connectivity index (χ1) is 14.1. The maximum atomic E-state index is 13.0. The number of aliphatic hydroxyl groups excluding tert-OH is 1. The van der Waals surface area contributed by atoms with Crippen LogP contribution in [0.15, 0.2) is 46.6 Å². The summed E-state index contributed by atoms with van der Waals surface area (Å²) >= 11 is 0. The summed E-state index contributed by atoms with van der Waals surface area (Å²) < 4.78 is 11.2. The van der Waals surface area contributed by atoms with Gasteiger partial charge < -0.3 is 19.2 Å². The largest absolute Gasteiger partial charge is 0.507 e. The smallest absolute Gasteiger partial charge is 0.296 e. The minimum Gasteiger partial charge on any atom is -0.507 e. The SMILES string of the molecule is O=C1C(=O)N(C2CCCC2)C(c2ccco2)/C1=C(/O)c1ccc2c(c1)CCCO2. The molecule has 2 fully saturated rings. The van der Waals surface area contributed by atoms with Gasteiger partial charge in [0.2, 0.25) is 0 Å². The highest BCUT2D eigenvalue weighted by Crippen LogP contribution is 2.43. The lowest BCUT2D eigenvalue weighted by Gasteiger charge is -2.29. The fourth-order valence-corrected chi connectivity index (χ4v) is 4.80. The maximum absolute atomic E-state index is 13.0. The predicted molar refractivity (Wildman–Crippen MR) is 105 cm³/mol. The highest BCUT2D eigenvalue weighted by Gasteiger charge is 2.50. The Labute approximate surface area is 168 Å². The van der Waals surface area contributed by atoms with Gasteiger partial charge in [0.1, 0.15) is 23.3 Å². The van der Waals surface area contributed by atoms with Crippen LogP contribution in [-0.2, 0) is 16.0 Å². The van der Waals surface area contributed by atoms with Crippen molar-refractivity contribution in [3.8, 4) is 5.75 Å². The number of carbonyl (C=O) groups is 2. The monoisotopic (exact) mass is 393 g/mol. The molecule has 1 atom stereocenters. The Bertz CT molecular complexity index is 985. The van der Waals surface area contributed by atoms with Crippen molar-refractivity contribution in [2.75, 3.05) is 6.61 Å². The minimum absolute atomic E-state index is 0.0104. The molecule has 1 aliphatic carbocycles. The number of carbonyl (C=O) groups excluding carboxylic acids is 2. The molecule has 0 radical (unpaired) electrons. The number of hydrogen-bond acceptors (Lipinski definition) is 5. The van der Waals surface area contributed by atoms with Crippen LogP contribution in [-0.4, -0.2) is 34.3 Å². The minimum atomic E-state index is -0.694. The average Bonchev–Trinajstić information content (AvgIpc) is 3.49. The van der Waals surface area contributed by atoms with E-state index in [2.05, 4.69) is 0 Å². The number of aryl methyl sites for hydroxylation is 1. The number of rotatable bonds is 3. The Morgan fingerprint density at radius 3 is 2.69 bits per heavy atom. The Balaban J connectivity index is 1.63. The topological polar surface area (TPSA) is 80.0 Å². The zero-order valence-electron chi connectivity index (χ0n) is 16.1. The number of ketones is 1. The van der Waals surface area contributed by atoms with Crippen LogP contribution in [0.25, 0.3) is 5.76 Å². The van der Waals surface area contributed by atoms with Crippen molar-refractivity contribution in [1.82, 2.24) is 4.90 Å². The predicted octanol–water partition coefficient (Wildman–Crippen LogP) is 3.97. The Morgan fingerprint density at radius 2 is 1.93 bits per heavy atom. The lowest BCUT2D eigenvalue weighted by Crippen LogP contribution is -2.37. The summed E-state index contributed by atoms with van der Waals surface area (Å²) in [5.41, 5.74) is 1.63. The summed E-state index contributed by atoms with van der Waals surface area (Å²) in [6, 6.07) is 8.20. The van der Waals surface area contributed by atoms with Crippen LogP contribution in [0.2, 0.25) is 0 Å². The number of amides is 1. The summed E-state index contributed by atoms with van der Waals surface area (Å²) in [5.74, 6) is -0.0507. The van der Waals surface area contributed by atoms with Crippen molar-refractivity contribution in [2.24, 2.45) is 0 Å². The van der Waals surface area contributed by atoms with Crippen LogP contribution in [0.5, 0.6) is 5.75 Å². The summed E-state index contributed by atoms with van der Waals surface area (Å²) in [4.78, 5) is 27.6. The van der Waals surface area contributed by atoms with Gasteiger partial charge in [0, 0.05) is 11.6 Å². The number of benzene rings is 1. The van der Waals surface area contributed by atoms with Gasteiger partial charge in [-0.05, 0) is 61.6 Å². The number of furan rings is 1. The lowest BCUT2D eigenvalue weighted by atomic mass is 9.96. The number of likely N-dealkylation sites (tertiary alicyclic amines) is 1. The van der Waals surface area contributed by atoms with Crippen LogP contribution in [0.4, 0.5) is 0 Å². The fraction of sp³-hybridized carbons (Fsp3) is 0.391. The molecule has 0 bridgehead atoms. The van der Waals surface area contributed by atoms with Crippen molar-refractivity contribution in [1.29, 1.82) is 0 Å². The quantitative estimate of drug-likeness (QED) is 0.485. The van der Waals surface area contributed by atoms with E-state index in [-0.39, 0.29) is 17.4 Å². The van der Waals surface area contributed by atoms with Gasteiger partial charge in [0.15, 0.2) is 0 Å². The standard InChI is InChI=1S/C23H23NO5/c25-21(15-9-10-17-14(13-15)5-3-11-28-17)19-20(18-8-4-12-29-18)24(23(27)22(19)26)16-6-1-2-7-16/h4,8-10,12-13,16,20,25H,1-3,5-7,11H2/b21-19-. The first-order valence-corrected chi connectivity index (χ1v) is 10.2. The third kappa shape index (κ3) is 2.94. The van der Waals surface area contributed by atoms with Crippen LogP contribution >= 0.6 is 0 Å². The molecule has 0 spiro atoms. The van der Waals surface area contributed by atoms with E-state index in [0.29, 0.717) is 17.9 Å². The molecule has 6 heteroatoms. The number of ether oxygens (including phenoxy) is 1. The second-order valence-corrected chi connectivity index (χ2v) is 7.93. The number of fused-ring (bicyclic) bond motifs is 1. The van der Waals surface area contributed by atoms with E-state index < -0.39 is 17.7 Å². The Hall–Kier alpha value is -3.02. The third-order valence-electron chi connectivity index (χ3n) is 6.19. The molecule has 1 aromatic carbocycles. The first-order valence-electron chi connectivity index (χ1n) is 10.2. The molecule has 3 heterocycles. The molecular formula is C23H23NO5. The molecule has 29 heavy (non-hydrogen) atoms. The summed E-state index contributed by atoms with van der Waals surface area (Å²) in [5, 5.41) is 11.1. The molecule has 1 aromatic heterocycles. The zero-order valence-corrected chi connectivity index (χ0v) is 16.1. The van der Waals surface area contributed by atoms with Crippen molar-refractivity contribution >= 4 is 17.4 Å². The van der Waals surface area contributed by atoms with Gasteiger partial charge in [-0.3, -0.25) is 9.59 Å². The fourth-order valence-electron chi connectivity index (χ4n) is 4.80. The molecule has 1 saturated carbocycles. The molecule has 1 amide bonds. The van der Waals surface area contributed by atoms with Crippen LogP contribution < -0.4 is 4.74 Å². The molecule has 6 nitrogen and oxygen atoms in total. The summed E-state index contributed by atoms with van der Waals surface area (Å²) in [6.45, 7) is 0.684. The van der Waals surface area contributed by atoms with Crippen LogP contribution in [0, 0.1) is 0 Å². The van der Waals surface area contributed by atoms with Gasteiger partial charge in [0.25, 0.3) is 11.7 Å². The van der Waals surface area contributed by atoms with E-state index in [1.54, 1.807) is 23.1 Å². The first kappa shape index (κ1) is 18.0. The van der Waals surface area contributed by atoms with Gasteiger partial charge in [-0.25, -0.2) is 0 Å². The Morgan fingerprint density at radius 1 is 1.10 bits per heavy atom. The molecule has 1 unspecified atom stereocenters. The van der Waals surface area contributed by atoms with E-state index in [1.165, 1.54) is 6.26 Å². The normalized spacial score (nSPS) is 24.0. The molecule has 2 aliphatic heterocycles. The molecule has 1 N–H and O–H groups in total. The van der Waals surface area contributed by atoms with Gasteiger partial charge >= 0.3 is 0 Å². The molecule has 150 valence electrons. The van der Waals surface area contributed by atoms with E-state index >= 15 is 0 Å². The van der Waals surface area contributed by atoms with Gasteiger partial charge in [-0.15, -0.1) is 0 Å². The van der Waals surface area contributed by atoms with E-state index in [9.17, 15) is 14.7 Å². The van der Waals surface area contributed by atoms with Crippen molar-refractivity contribution in [3.05, 3.63) is 59.1 Å². The average molecular weight is 393 g/mol. The number of aliphatic hydroxyl groups is 1. The van der Waals surface area contributed by atoms with Crippen molar-refractivity contribution in [2.45, 2.75) is 50.6 Å². The Kier molecular flexibility index (Phi) is 4.42. The highest BCUT2D eigenvalue weighted by atomic mass is 16.5. The number of hydrogen-bond donors (Lipinski definition) is 1. The lowest BCUT2D eigenvalue weighted by molar-refractivity contribution is -0.141. The number of nitrogens with zero attached hydrogens (tertiary/aromatic N) is 1. The summed E-state index contributed by atoms with van der Waals surface area (Å²) in [6.07, 6.45) is 7.08.